The zero-order valence-corrected chi connectivity index (χ0v) is 12.1. The predicted octanol–water partition coefficient (Wildman–Crippen LogP) is 5.24. The largest absolute Gasteiger partial charge is 0.482 e. The minimum Gasteiger partial charge on any atom is -0.482 e. The Morgan fingerprint density at radius 3 is 2.38 bits per heavy atom. The molecule has 0 spiro atoms. The number of hydrogen-bond acceptors (Lipinski definition) is 2. The maximum absolute atomic E-state index is 6.17. The van der Waals surface area contributed by atoms with E-state index < -0.39 is 0 Å². The van der Waals surface area contributed by atoms with Crippen molar-refractivity contribution in [2.75, 3.05) is 0 Å². The number of ether oxygens (including phenoxy) is 1. The Hall–Kier alpha value is -2.48. The van der Waals surface area contributed by atoms with Crippen LogP contribution in [0.4, 0.5) is 0 Å². The van der Waals surface area contributed by atoms with Gasteiger partial charge in [0.2, 0.25) is 0 Å². The molecule has 0 saturated heterocycles. The molecule has 1 aromatic heterocycles. The van der Waals surface area contributed by atoms with Gasteiger partial charge in [0, 0.05) is 11.1 Å². The van der Waals surface area contributed by atoms with E-state index in [1.165, 1.54) is 0 Å². The van der Waals surface area contributed by atoms with E-state index in [0.29, 0.717) is 0 Å². The van der Waals surface area contributed by atoms with E-state index in [-0.39, 0.29) is 5.60 Å². The van der Waals surface area contributed by atoms with Crippen LogP contribution in [0, 0.1) is 0 Å². The van der Waals surface area contributed by atoms with Gasteiger partial charge in [0.1, 0.15) is 22.9 Å². The highest BCUT2D eigenvalue weighted by atomic mass is 16.5. The van der Waals surface area contributed by atoms with E-state index in [4.69, 9.17) is 9.15 Å². The van der Waals surface area contributed by atoms with Crippen LogP contribution in [0.1, 0.15) is 19.4 Å². The van der Waals surface area contributed by atoms with Crippen LogP contribution in [0.5, 0.6) is 5.75 Å². The summed E-state index contributed by atoms with van der Waals surface area (Å²) in [5.74, 6) is 2.68. The van der Waals surface area contributed by atoms with Crippen molar-refractivity contribution in [2.24, 2.45) is 0 Å². The topological polar surface area (TPSA) is 22.4 Å². The summed E-state index contributed by atoms with van der Waals surface area (Å²) in [5, 5.41) is 0. The van der Waals surface area contributed by atoms with Crippen LogP contribution in [0.3, 0.4) is 0 Å². The fourth-order valence-corrected chi connectivity index (χ4v) is 2.86. The molecule has 0 N–H and O–H groups in total. The molecule has 0 atom stereocenters. The highest BCUT2D eigenvalue weighted by Crippen LogP contribution is 2.47. The van der Waals surface area contributed by atoms with E-state index in [1.807, 2.05) is 42.5 Å². The fourth-order valence-electron chi connectivity index (χ4n) is 2.86. The minimum absolute atomic E-state index is 0.389. The summed E-state index contributed by atoms with van der Waals surface area (Å²) in [6, 6.07) is 20.3. The molecule has 21 heavy (non-hydrogen) atoms. The third kappa shape index (κ3) is 1.87. The molecule has 4 rings (SSSR count). The van der Waals surface area contributed by atoms with Gasteiger partial charge in [-0.15, -0.1) is 0 Å². The second kappa shape index (κ2) is 4.26. The van der Waals surface area contributed by atoms with Gasteiger partial charge in [-0.25, -0.2) is 0 Å². The van der Waals surface area contributed by atoms with Crippen molar-refractivity contribution >= 4 is 0 Å². The summed E-state index contributed by atoms with van der Waals surface area (Å²) >= 11 is 0. The third-order valence-corrected chi connectivity index (χ3v) is 3.94. The molecule has 0 bridgehead atoms. The van der Waals surface area contributed by atoms with Crippen molar-refractivity contribution in [3.8, 4) is 28.4 Å². The number of benzene rings is 2. The van der Waals surface area contributed by atoms with Crippen molar-refractivity contribution in [3.05, 3.63) is 66.2 Å². The van der Waals surface area contributed by atoms with Crippen LogP contribution in [-0.4, -0.2) is 0 Å². The van der Waals surface area contributed by atoms with Gasteiger partial charge in [-0.2, -0.15) is 0 Å². The molecular weight excluding hydrogens is 260 g/mol. The Labute approximate surface area is 124 Å². The van der Waals surface area contributed by atoms with Crippen molar-refractivity contribution in [2.45, 2.75) is 19.4 Å². The molecule has 0 amide bonds. The van der Waals surface area contributed by atoms with E-state index in [1.54, 1.807) is 0 Å². The molecule has 2 heterocycles. The highest BCUT2D eigenvalue weighted by Gasteiger charge is 2.35. The molecule has 104 valence electrons. The van der Waals surface area contributed by atoms with Gasteiger partial charge in [-0.1, -0.05) is 42.5 Å². The fraction of sp³-hybridized carbons (Fsp3) is 0.158. The van der Waals surface area contributed by atoms with Crippen molar-refractivity contribution in [1.82, 2.24) is 0 Å². The predicted molar refractivity (Wildman–Crippen MR) is 83.2 cm³/mol. The van der Waals surface area contributed by atoms with Crippen LogP contribution in [0.25, 0.3) is 22.6 Å². The average Bonchev–Trinajstić information content (AvgIpc) is 2.94. The summed E-state index contributed by atoms with van der Waals surface area (Å²) in [4.78, 5) is 0. The van der Waals surface area contributed by atoms with Gasteiger partial charge in [-0.3, -0.25) is 0 Å². The molecule has 0 unspecified atom stereocenters. The SMILES string of the molecule is CC1(C)Oc2ccccc2-c2oc(-c3ccccc3)cc21. The number of furan rings is 1. The lowest BCUT2D eigenvalue weighted by atomic mass is 9.91. The Morgan fingerprint density at radius 1 is 0.857 bits per heavy atom. The molecule has 2 nitrogen and oxygen atoms in total. The first-order chi connectivity index (χ1) is 10.1. The maximum Gasteiger partial charge on any atom is 0.145 e. The maximum atomic E-state index is 6.17. The lowest BCUT2D eigenvalue weighted by Crippen LogP contribution is -2.28. The van der Waals surface area contributed by atoms with Crippen LogP contribution in [0.15, 0.2) is 65.1 Å². The molecule has 0 aliphatic carbocycles. The minimum atomic E-state index is -0.389. The average molecular weight is 276 g/mol. The van der Waals surface area contributed by atoms with Crippen LogP contribution < -0.4 is 4.74 Å². The molecule has 2 heteroatoms. The Kier molecular flexibility index (Phi) is 2.49. The monoisotopic (exact) mass is 276 g/mol. The van der Waals surface area contributed by atoms with Gasteiger partial charge < -0.3 is 9.15 Å². The van der Waals surface area contributed by atoms with Crippen molar-refractivity contribution in [3.63, 3.8) is 0 Å². The van der Waals surface area contributed by atoms with Gasteiger partial charge in [0.15, 0.2) is 0 Å². The number of rotatable bonds is 1. The lowest BCUT2D eigenvalue weighted by molar-refractivity contribution is 0.104. The molecule has 3 aromatic rings. The van der Waals surface area contributed by atoms with E-state index in [9.17, 15) is 0 Å². The third-order valence-electron chi connectivity index (χ3n) is 3.94. The summed E-state index contributed by atoms with van der Waals surface area (Å²) in [7, 11) is 0. The molecule has 0 radical (unpaired) electrons. The second-order valence-corrected chi connectivity index (χ2v) is 5.83. The summed E-state index contributed by atoms with van der Waals surface area (Å²) in [6.45, 7) is 4.15. The first-order valence-corrected chi connectivity index (χ1v) is 7.13. The molecule has 1 aliphatic rings. The Morgan fingerprint density at radius 2 is 1.57 bits per heavy atom. The van der Waals surface area contributed by atoms with Gasteiger partial charge >= 0.3 is 0 Å². The smallest absolute Gasteiger partial charge is 0.145 e. The molecular formula is C19H16O2. The molecule has 0 fully saturated rings. The highest BCUT2D eigenvalue weighted by molar-refractivity contribution is 5.75. The van der Waals surface area contributed by atoms with Crippen LogP contribution in [-0.2, 0) is 5.60 Å². The van der Waals surface area contributed by atoms with E-state index in [0.717, 1.165) is 34.0 Å². The van der Waals surface area contributed by atoms with E-state index >= 15 is 0 Å². The summed E-state index contributed by atoms with van der Waals surface area (Å²) in [5.41, 5.74) is 2.81. The number of fused-ring (bicyclic) bond motifs is 3. The van der Waals surface area contributed by atoms with Crippen LogP contribution >= 0.6 is 0 Å². The normalized spacial score (nSPS) is 15.0. The first-order valence-electron chi connectivity index (χ1n) is 7.13. The first kappa shape index (κ1) is 12.3. The molecule has 1 aliphatic heterocycles. The summed E-state index contributed by atoms with van der Waals surface area (Å²) in [6.07, 6.45) is 0. The second-order valence-electron chi connectivity index (χ2n) is 5.83. The number of para-hydroxylation sites is 1. The Bertz CT molecular complexity index is 797. The standard InChI is InChI=1S/C19H16O2/c1-19(2)15-12-17(13-8-4-3-5-9-13)20-18(15)14-10-6-7-11-16(14)21-19/h3-12H,1-2H3. The zero-order valence-electron chi connectivity index (χ0n) is 12.1. The molecule has 2 aromatic carbocycles. The van der Waals surface area contributed by atoms with Crippen molar-refractivity contribution in [1.29, 1.82) is 0 Å². The van der Waals surface area contributed by atoms with E-state index in [2.05, 4.69) is 32.0 Å². The summed E-state index contributed by atoms with van der Waals surface area (Å²) < 4.78 is 12.3. The molecule has 0 saturated carbocycles. The van der Waals surface area contributed by atoms with Crippen LogP contribution in [0.2, 0.25) is 0 Å². The quantitative estimate of drug-likeness (QED) is 0.606. The van der Waals surface area contributed by atoms with Gasteiger partial charge in [-0.05, 0) is 32.0 Å². The van der Waals surface area contributed by atoms with Crippen molar-refractivity contribution < 1.29 is 9.15 Å². The number of hydrogen-bond donors (Lipinski definition) is 0. The Balaban J connectivity index is 1.95. The van der Waals surface area contributed by atoms with Gasteiger partial charge in [0.05, 0.1) is 5.56 Å². The van der Waals surface area contributed by atoms with Gasteiger partial charge in [0.25, 0.3) is 0 Å². The zero-order chi connectivity index (χ0) is 14.4. The lowest BCUT2D eigenvalue weighted by Gasteiger charge is -2.31.